The standard InChI is InChI=1S/C7H8BFO/c1-8(10)6-2-4-7(9)5-3-6/h2-5,10H,1H3. The topological polar surface area (TPSA) is 20.2 Å². The molecule has 1 aromatic carbocycles. The van der Waals surface area contributed by atoms with Crippen LogP contribution in [0.2, 0.25) is 6.82 Å². The van der Waals surface area contributed by atoms with E-state index in [1.807, 2.05) is 0 Å². The van der Waals surface area contributed by atoms with Gasteiger partial charge in [-0.1, -0.05) is 19.0 Å². The Labute approximate surface area is 59.6 Å². The molecule has 0 unspecified atom stereocenters. The molecule has 0 fully saturated rings. The predicted molar refractivity (Wildman–Crippen MR) is 39.9 cm³/mol. The van der Waals surface area contributed by atoms with Crippen molar-refractivity contribution >= 4 is 12.4 Å². The average molecular weight is 138 g/mol. The van der Waals surface area contributed by atoms with E-state index in [4.69, 9.17) is 5.02 Å². The van der Waals surface area contributed by atoms with Crippen molar-refractivity contribution in [3.05, 3.63) is 30.1 Å². The summed E-state index contributed by atoms with van der Waals surface area (Å²) in [6, 6.07) is 5.81. The summed E-state index contributed by atoms with van der Waals surface area (Å²) < 4.78 is 12.3. The van der Waals surface area contributed by atoms with E-state index in [2.05, 4.69) is 0 Å². The smallest absolute Gasteiger partial charge is 0.320 e. The van der Waals surface area contributed by atoms with Crippen molar-refractivity contribution in [3.8, 4) is 0 Å². The van der Waals surface area contributed by atoms with E-state index in [1.54, 1.807) is 19.0 Å². The van der Waals surface area contributed by atoms with Crippen molar-refractivity contribution in [2.75, 3.05) is 0 Å². The van der Waals surface area contributed by atoms with Gasteiger partial charge < -0.3 is 5.02 Å². The summed E-state index contributed by atoms with van der Waals surface area (Å²) in [6.45, 7) is 1.13. The number of benzene rings is 1. The van der Waals surface area contributed by atoms with Crippen molar-refractivity contribution in [2.45, 2.75) is 6.82 Å². The van der Waals surface area contributed by atoms with Crippen LogP contribution in [0.4, 0.5) is 4.39 Å². The van der Waals surface area contributed by atoms with E-state index >= 15 is 0 Å². The summed E-state index contributed by atoms with van der Waals surface area (Å²) >= 11 is 0. The summed E-state index contributed by atoms with van der Waals surface area (Å²) in [7, 11) is 0. The highest BCUT2D eigenvalue weighted by Crippen LogP contribution is 1.92. The van der Waals surface area contributed by atoms with Crippen LogP contribution in [0.25, 0.3) is 0 Å². The maximum atomic E-state index is 12.3. The van der Waals surface area contributed by atoms with Crippen LogP contribution < -0.4 is 5.46 Å². The number of hydrogen-bond donors (Lipinski definition) is 1. The molecular formula is C7H8BFO. The second-order valence-electron chi connectivity index (χ2n) is 2.23. The van der Waals surface area contributed by atoms with Gasteiger partial charge in [0.15, 0.2) is 0 Å². The molecule has 1 aromatic rings. The lowest BCUT2D eigenvalue weighted by molar-refractivity contribution is 0.593. The molecule has 0 heterocycles. The SMILES string of the molecule is CB(O)c1ccc(F)cc1. The Morgan fingerprint density at radius 1 is 1.30 bits per heavy atom. The first-order chi connectivity index (χ1) is 4.70. The molecule has 1 rings (SSSR count). The summed E-state index contributed by atoms with van der Waals surface area (Å²) in [6.07, 6.45) is 0. The van der Waals surface area contributed by atoms with E-state index in [0.29, 0.717) is 0 Å². The monoisotopic (exact) mass is 138 g/mol. The van der Waals surface area contributed by atoms with E-state index in [1.165, 1.54) is 12.1 Å². The zero-order valence-corrected chi connectivity index (χ0v) is 5.71. The highest BCUT2D eigenvalue weighted by molar-refractivity contribution is 6.64. The molecule has 0 spiro atoms. The second kappa shape index (κ2) is 2.84. The van der Waals surface area contributed by atoms with Crippen molar-refractivity contribution in [1.82, 2.24) is 0 Å². The number of hydrogen-bond acceptors (Lipinski definition) is 1. The summed E-state index contributed by atoms with van der Waals surface area (Å²) in [5, 5.41) is 8.99. The van der Waals surface area contributed by atoms with Crippen molar-refractivity contribution < 1.29 is 9.41 Å². The van der Waals surface area contributed by atoms with Crippen LogP contribution in [-0.4, -0.2) is 11.9 Å². The molecule has 1 N–H and O–H groups in total. The third-order valence-electron chi connectivity index (χ3n) is 1.35. The van der Waals surface area contributed by atoms with Crippen LogP contribution in [0.15, 0.2) is 24.3 Å². The van der Waals surface area contributed by atoms with E-state index < -0.39 is 6.92 Å². The molecule has 0 aliphatic rings. The fourth-order valence-corrected chi connectivity index (χ4v) is 0.741. The normalized spacial score (nSPS) is 9.50. The van der Waals surface area contributed by atoms with Crippen LogP contribution in [0.5, 0.6) is 0 Å². The number of rotatable bonds is 1. The highest BCUT2D eigenvalue weighted by atomic mass is 19.1. The Bertz CT molecular complexity index is 207. The zero-order chi connectivity index (χ0) is 7.56. The van der Waals surface area contributed by atoms with Gasteiger partial charge in [-0.25, -0.2) is 4.39 Å². The van der Waals surface area contributed by atoms with Crippen LogP contribution in [0.3, 0.4) is 0 Å². The fourth-order valence-electron chi connectivity index (χ4n) is 0.741. The molecule has 1 nitrogen and oxygen atoms in total. The van der Waals surface area contributed by atoms with Crippen molar-refractivity contribution in [1.29, 1.82) is 0 Å². The van der Waals surface area contributed by atoms with Crippen molar-refractivity contribution in [3.63, 3.8) is 0 Å². The van der Waals surface area contributed by atoms with E-state index in [9.17, 15) is 4.39 Å². The zero-order valence-electron chi connectivity index (χ0n) is 5.71. The number of halogens is 1. The third-order valence-corrected chi connectivity index (χ3v) is 1.35. The molecule has 0 aromatic heterocycles. The lowest BCUT2D eigenvalue weighted by atomic mass is 9.64. The molecule has 0 atom stereocenters. The van der Waals surface area contributed by atoms with Gasteiger partial charge in [0.2, 0.25) is 0 Å². The summed E-state index contributed by atoms with van der Waals surface area (Å²) in [5.74, 6) is -0.274. The van der Waals surface area contributed by atoms with Crippen LogP contribution >= 0.6 is 0 Å². The Morgan fingerprint density at radius 3 is 2.20 bits per heavy atom. The van der Waals surface area contributed by atoms with Crippen LogP contribution in [-0.2, 0) is 0 Å². The molecule has 0 aliphatic carbocycles. The largest absolute Gasteiger partial charge is 0.447 e. The van der Waals surface area contributed by atoms with Gasteiger partial charge in [0.25, 0.3) is 0 Å². The van der Waals surface area contributed by atoms with Gasteiger partial charge in [-0.2, -0.15) is 0 Å². The lowest BCUT2D eigenvalue weighted by Gasteiger charge is -1.97. The van der Waals surface area contributed by atoms with E-state index in [-0.39, 0.29) is 5.82 Å². The summed E-state index contributed by atoms with van der Waals surface area (Å²) in [4.78, 5) is 0. The van der Waals surface area contributed by atoms with Gasteiger partial charge >= 0.3 is 6.92 Å². The molecular weight excluding hydrogens is 130 g/mol. The average Bonchev–Trinajstić information content (AvgIpc) is 1.88. The van der Waals surface area contributed by atoms with Crippen molar-refractivity contribution in [2.24, 2.45) is 0 Å². The maximum absolute atomic E-state index is 12.3. The molecule has 0 amide bonds. The van der Waals surface area contributed by atoms with Crippen LogP contribution in [0, 0.1) is 5.82 Å². The predicted octanol–water partition coefficient (Wildman–Crippen LogP) is 0.646. The quantitative estimate of drug-likeness (QED) is 0.564. The Kier molecular flexibility index (Phi) is 2.07. The molecule has 0 bridgehead atoms. The minimum atomic E-state index is -0.513. The van der Waals surface area contributed by atoms with Crippen LogP contribution in [0.1, 0.15) is 0 Å². The lowest BCUT2D eigenvalue weighted by Crippen LogP contribution is -2.25. The van der Waals surface area contributed by atoms with Gasteiger partial charge in [-0.05, 0) is 17.6 Å². The molecule has 52 valence electrons. The van der Waals surface area contributed by atoms with E-state index in [0.717, 1.165) is 5.46 Å². The molecule has 3 heteroatoms. The first-order valence-electron chi connectivity index (χ1n) is 3.13. The Morgan fingerprint density at radius 2 is 1.80 bits per heavy atom. The minimum Gasteiger partial charge on any atom is -0.447 e. The minimum absolute atomic E-state index is 0.274. The third kappa shape index (κ3) is 1.58. The molecule has 10 heavy (non-hydrogen) atoms. The molecule has 0 saturated carbocycles. The van der Waals surface area contributed by atoms with Gasteiger partial charge in [0, 0.05) is 0 Å². The first-order valence-corrected chi connectivity index (χ1v) is 3.13. The fraction of sp³-hybridized carbons (Fsp3) is 0.143. The van der Waals surface area contributed by atoms with Gasteiger partial charge in [0.05, 0.1) is 0 Å². The Hall–Kier alpha value is -0.825. The van der Waals surface area contributed by atoms with Gasteiger partial charge in [-0.15, -0.1) is 0 Å². The summed E-state index contributed by atoms with van der Waals surface area (Å²) in [5.41, 5.74) is 0.737. The second-order valence-corrected chi connectivity index (χ2v) is 2.23. The molecule has 0 saturated heterocycles. The van der Waals surface area contributed by atoms with Gasteiger partial charge in [0.1, 0.15) is 5.82 Å². The Balaban J connectivity index is 2.89. The highest BCUT2D eigenvalue weighted by Gasteiger charge is 2.04. The molecule has 0 radical (unpaired) electrons. The maximum Gasteiger partial charge on any atom is 0.320 e. The van der Waals surface area contributed by atoms with Gasteiger partial charge in [-0.3, -0.25) is 0 Å². The molecule has 0 aliphatic heterocycles. The first kappa shape index (κ1) is 7.28.